The van der Waals surface area contributed by atoms with Crippen molar-refractivity contribution in [1.82, 2.24) is 0 Å². The molecule has 0 saturated carbocycles. The Hall–Kier alpha value is 0.220. The van der Waals surface area contributed by atoms with E-state index < -0.39 is 4.30 Å². The second-order valence-electron chi connectivity index (χ2n) is 2.27. The van der Waals surface area contributed by atoms with Crippen LogP contribution in [0, 0.1) is 0 Å². The first-order valence-corrected chi connectivity index (χ1v) is 5.73. The first kappa shape index (κ1) is 30.3. The number of hydrogen-bond donors (Lipinski definition) is 2. The fourth-order valence-electron chi connectivity index (χ4n) is 0.203. The molecular weight excluding hydrogens is 294 g/mol. The summed E-state index contributed by atoms with van der Waals surface area (Å²) < 4.78 is 3.65. The predicted octanol–water partition coefficient (Wildman–Crippen LogP) is 1.73. The molecule has 0 aromatic rings. The van der Waals surface area contributed by atoms with Crippen molar-refractivity contribution >= 4 is 40.8 Å². The fraction of sp³-hybridized carbons (Fsp3) is 0.889. The van der Waals surface area contributed by atoms with Gasteiger partial charge in [0.25, 0.3) is 0 Å². The molecule has 0 aliphatic rings. The minimum Gasteiger partial charge on any atom is -0.466 e. The lowest BCUT2D eigenvalue weighted by atomic mass is 10.5. The van der Waals surface area contributed by atoms with E-state index in [-0.39, 0.29) is 17.5 Å². The smallest absolute Gasteiger partial charge is 0.302 e. The van der Waals surface area contributed by atoms with Crippen molar-refractivity contribution in [3.8, 4) is 0 Å². The van der Waals surface area contributed by atoms with Crippen molar-refractivity contribution in [2.75, 3.05) is 13.7 Å². The average molecular weight is 318 g/mol. The molecule has 0 bridgehead atoms. The van der Waals surface area contributed by atoms with Gasteiger partial charge in [0, 0.05) is 20.1 Å². The lowest BCUT2D eigenvalue weighted by Crippen LogP contribution is -1.95. The Kier molecular flexibility index (Phi) is 53.3. The van der Waals surface area contributed by atoms with E-state index in [1.807, 2.05) is 0 Å². The molecule has 0 radical (unpaired) electrons. The number of ether oxygens (including phenoxy) is 1. The van der Waals surface area contributed by atoms with Gasteiger partial charge < -0.3 is 20.4 Å². The summed E-state index contributed by atoms with van der Waals surface area (Å²) >= 11 is 14.4. The van der Waals surface area contributed by atoms with Gasteiger partial charge in [-0.1, -0.05) is 34.8 Å². The second-order valence-corrected chi connectivity index (χ2v) is 4.25. The van der Waals surface area contributed by atoms with E-state index in [2.05, 4.69) is 4.74 Å². The summed E-state index contributed by atoms with van der Waals surface area (Å²) in [5, 5.41) is 15.1. The molecule has 4 N–H and O–H groups in total. The zero-order valence-corrected chi connectivity index (χ0v) is 13.0. The van der Waals surface area contributed by atoms with E-state index in [1.54, 1.807) is 20.8 Å². The van der Waals surface area contributed by atoms with E-state index in [9.17, 15) is 4.79 Å². The molecule has 0 saturated heterocycles. The summed E-state index contributed by atoms with van der Waals surface area (Å²) in [6.45, 7) is 7.10. The maximum atomic E-state index is 9.82. The van der Waals surface area contributed by atoms with Crippen molar-refractivity contribution in [1.29, 1.82) is 0 Å². The number of carbonyl (C=O) groups is 1. The third kappa shape index (κ3) is 316. The Labute approximate surface area is 118 Å². The number of hydrogen-bond acceptors (Lipinski definition) is 4. The topological polar surface area (TPSA) is 98.3 Å². The van der Waals surface area contributed by atoms with Crippen LogP contribution in [-0.4, -0.2) is 45.8 Å². The summed E-state index contributed by atoms with van der Waals surface area (Å²) in [7, 11) is 1.00. The third-order valence-corrected chi connectivity index (χ3v) is 0.348. The molecule has 5 nitrogen and oxygen atoms in total. The summed E-state index contributed by atoms with van der Waals surface area (Å²) in [5.74, 6) is -0.211. The van der Waals surface area contributed by atoms with Gasteiger partial charge in [-0.2, -0.15) is 0 Å². The summed E-state index contributed by atoms with van der Waals surface area (Å²) in [6, 6.07) is 0. The van der Waals surface area contributed by atoms with Gasteiger partial charge >= 0.3 is 5.97 Å². The van der Waals surface area contributed by atoms with E-state index in [4.69, 9.17) is 45.0 Å². The first-order chi connectivity index (χ1) is 7.23. The van der Waals surface area contributed by atoms with Crippen LogP contribution in [-0.2, 0) is 9.53 Å². The molecule has 0 atom stereocenters. The van der Waals surface area contributed by atoms with Crippen LogP contribution in [0.4, 0.5) is 0 Å². The highest BCUT2D eigenvalue weighted by molar-refractivity contribution is 6.63. The minimum atomic E-state index is -0.750. The van der Waals surface area contributed by atoms with Crippen LogP contribution in [0.5, 0.6) is 0 Å². The van der Waals surface area contributed by atoms with Gasteiger partial charge in [0.2, 0.25) is 0 Å². The molecule has 0 heterocycles. The molecule has 0 aliphatic heterocycles. The van der Waals surface area contributed by atoms with Crippen molar-refractivity contribution in [2.45, 2.75) is 38.1 Å². The molecule has 0 amide bonds. The standard InChI is InChI=1S/C4H8O2.C3H8O.CHCl3.CH4O.H2O/c1-3-6-4(2)5;1-3(2)4;2-1(3)4;1-2;/h3H2,1-2H3;3-4H,1-2H3;1H;2H,1H3;1H2. The van der Waals surface area contributed by atoms with Gasteiger partial charge in [0.15, 0.2) is 4.30 Å². The molecule has 0 unspecified atom stereocenters. The van der Waals surface area contributed by atoms with Crippen molar-refractivity contribution in [3.05, 3.63) is 0 Å². The highest BCUT2D eigenvalue weighted by atomic mass is 35.6. The molecule has 8 heteroatoms. The highest BCUT2D eigenvalue weighted by Gasteiger charge is 1.81. The maximum Gasteiger partial charge on any atom is 0.302 e. The number of aliphatic hydroxyl groups excluding tert-OH is 2. The SMILES string of the molecule is CC(C)O.CCOC(C)=O.CO.ClC(Cl)Cl.O. The molecule has 0 rings (SSSR count). The predicted molar refractivity (Wildman–Crippen MR) is 72.8 cm³/mol. The van der Waals surface area contributed by atoms with Gasteiger partial charge in [-0.15, -0.1) is 0 Å². The van der Waals surface area contributed by atoms with Crippen LogP contribution in [0.3, 0.4) is 0 Å². The quantitative estimate of drug-likeness (QED) is 0.568. The van der Waals surface area contributed by atoms with E-state index in [0.717, 1.165) is 7.11 Å². The third-order valence-electron chi connectivity index (χ3n) is 0.348. The van der Waals surface area contributed by atoms with Crippen molar-refractivity contribution in [3.63, 3.8) is 0 Å². The molecule has 17 heavy (non-hydrogen) atoms. The van der Waals surface area contributed by atoms with Gasteiger partial charge in [-0.25, -0.2) is 0 Å². The molecule has 110 valence electrons. The van der Waals surface area contributed by atoms with Crippen LogP contribution in [0.2, 0.25) is 0 Å². The van der Waals surface area contributed by atoms with Crippen LogP contribution in [0.15, 0.2) is 0 Å². The molecule has 0 aliphatic carbocycles. The summed E-state index contributed by atoms with van der Waals surface area (Å²) in [6.07, 6.45) is -0.167. The Morgan fingerprint density at radius 2 is 1.41 bits per heavy atom. The number of carbonyl (C=O) groups excluding carboxylic acids is 1. The van der Waals surface area contributed by atoms with Crippen LogP contribution < -0.4 is 0 Å². The maximum absolute atomic E-state index is 9.82. The van der Waals surface area contributed by atoms with E-state index in [0.29, 0.717) is 6.61 Å². The molecule has 0 aromatic heterocycles. The normalized spacial score (nSPS) is 7.29. The number of alkyl halides is 3. The summed E-state index contributed by atoms with van der Waals surface area (Å²) in [5.41, 5.74) is 0. The largest absolute Gasteiger partial charge is 0.466 e. The van der Waals surface area contributed by atoms with Crippen molar-refractivity contribution in [2.24, 2.45) is 0 Å². The minimum absolute atomic E-state index is 0. The zero-order chi connectivity index (χ0) is 14.1. The zero-order valence-electron chi connectivity index (χ0n) is 10.7. The van der Waals surface area contributed by atoms with Crippen LogP contribution in [0.1, 0.15) is 27.7 Å². The van der Waals surface area contributed by atoms with Gasteiger partial charge in [-0.05, 0) is 20.8 Å². The fourth-order valence-corrected chi connectivity index (χ4v) is 0.203. The lowest BCUT2D eigenvalue weighted by molar-refractivity contribution is -0.140. The second kappa shape index (κ2) is 29.8. The number of aliphatic hydroxyl groups is 2. The van der Waals surface area contributed by atoms with E-state index >= 15 is 0 Å². The Bertz CT molecular complexity index is 112. The number of rotatable bonds is 1. The van der Waals surface area contributed by atoms with Crippen molar-refractivity contribution < 1.29 is 25.2 Å². The van der Waals surface area contributed by atoms with Crippen LogP contribution in [0.25, 0.3) is 0 Å². The highest BCUT2D eigenvalue weighted by Crippen LogP contribution is 2.03. The molecular formula is C9H23Cl3O5. The van der Waals surface area contributed by atoms with Crippen LogP contribution >= 0.6 is 34.8 Å². The monoisotopic (exact) mass is 316 g/mol. The Morgan fingerprint density at radius 3 is 1.41 bits per heavy atom. The first-order valence-electron chi connectivity index (χ1n) is 4.42. The van der Waals surface area contributed by atoms with Gasteiger partial charge in [0.05, 0.1) is 6.61 Å². The molecule has 0 fully saturated rings. The van der Waals surface area contributed by atoms with Gasteiger partial charge in [-0.3, -0.25) is 4.79 Å². The Morgan fingerprint density at radius 1 is 1.24 bits per heavy atom. The van der Waals surface area contributed by atoms with Gasteiger partial charge in [0.1, 0.15) is 0 Å². The molecule has 0 spiro atoms. The van der Waals surface area contributed by atoms with E-state index in [1.165, 1.54) is 6.92 Å². The number of halogens is 3. The number of esters is 1. The Balaban J connectivity index is -0.0000000393. The molecule has 0 aromatic carbocycles. The lowest BCUT2D eigenvalue weighted by Gasteiger charge is -1.89. The summed E-state index contributed by atoms with van der Waals surface area (Å²) in [4.78, 5) is 9.82. The average Bonchev–Trinajstić information content (AvgIpc) is 2.05.